The summed E-state index contributed by atoms with van der Waals surface area (Å²) in [7, 11) is 0. The molecular formula is C15H10BrClN2O. The van der Waals surface area contributed by atoms with E-state index in [1.54, 1.807) is 4.40 Å². The molecule has 0 saturated heterocycles. The average molecular weight is 350 g/mol. The summed E-state index contributed by atoms with van der Waals surface area (Å²) >= 11 is 9.71. The maximum atomic E-state index is 11.1. The van der Waals surface area contributed by atoms with Gasteiger partial charge in [0, 0.05) is 16.2 Å². The topological polar surface area (TPSA) is 34.4 Å². The van der Waals surface area contributed by atoms with E-state index in [1.165, 1.54) is 0 Å². The first kappa shape index (κ1) is 13.3. The van der Waals surface area contributed by atoms with Gasteiger partial charge in [0.15, 0.2) is 6.29 Å². The number of nitrogens with zero attached hydrogens (tertiary/aromatic N) is 2. The number of rotatable bonds is 2. The molecular weight excluding hydrogens is 340 g/mol. The number of fused-ring (bicyclic) bond motifs is 1. The summed E-state index contributed by atoms with van der Waals surface area (Å²) < 4.78 is 2.72. The molecule has 0 atom stereocenters. The molecule has 0 bridgehead atoms. The summed E-state index contributed by atoms with van der Waals surface area (Å²) in [5.74, 6) is 0. The van der Waals surface area contributed by atoms with Crippen LogP contribution in [0.2, 0.25) is 5.15 Å². The first-order chi connectivity index (χ1) is 9.60. The third kappa shape index (κ3) is 2.15. The molecule has 20 heavy (non-hydrogen) atoms. The highest BCUT2D eigenvalue weighted by atomic mass is 79.9. The largest absolute Gasteiger partial charge is 0.298 e. The third-order valence-electron chi connectivity index (χ3n) is 3.18. The molecule has 2 aromatic heterocycles. The Bertz CT molecular complexity index is 826. The van der Waals surface area contributed by atoms with E-state index in [4.69, 9.17) is 11.6 Å². The average Bonchev–Trinajstić information content (AvgIpc) is 2.83. The van der Waals surface area contributed by atoms with Crippen LogP contribution in [0.5, 0.6) is 0 Å². The highest BCUT2D eigenvalue weighted by Crippen LogP contribution is 2.27. The molecule has 0 fully saturated rings. The second kappa shape index (κ2) is 5.04. The summed E-state index contributed by atoms with van der Waals surface area (Å²) in [4.78, 5) is 15.7. The number of carbonyl (C=O) groups excluding carboxylic acids is 1. The molecule has 0 spiro atoms. The van der Waals surface area contributed by atoms with Crippen molar-refractivity contribution < 1.29 is 4.79 Å². The van der Waals surface area contributed by atoms with Gasteiger partial charge in [0.25, 0.3) is 0 Å². The van der Waals surface area contributed by atoms with Crippen LogP contribution < -0.4 is 0 Å². The highest BCUT2D eigenvalue weighted by molar-refractivity contribution is 9.10. The number of pyridine rings is 1. The summed E-state index contributed by atoms with van der Waals surface area (Å²) in [6.45, 7) is 1.85. The third-order valence-corrected chi connectivity index (χ3v) is 4.05. The van der Waals surface area contributed by atoms with Crippen molar-refractivity contribution >= 4 is 39.5 Å². The molecule has 1 aromatic carbocycles. The van der Waals surface area contributed by atoms with Crippen LogP contribution in [0.1, 0.15) is 15.9 Å². The van der Waals surface area contributed by atoms with Crippen LogP contribution in [0.4, 0.5) is 0 Å². The Kier molecular flexibility index (Phi) is 3.36. The number of hydrogen-bond acceptors (Lipinski definition) is 2. The quantitative estimate of drug-likeness (QED) is 0.503. The van der Waals surface area contributed by atoms with Gasteiger partial charge < -0.3 is 0 Å². The van der Waals surface area contributed by atoms with Crippen molar-refractivity contribution in [3.8, 4) is 11.3 Å². The fourth-order valence-corrected chi connectivity index (χ4v) is 2.87. The smallest absolute Gasteiger partial charge is 0.153 e. The van der Waals surface area contributed by atoms with Crippen molar-refractivity contribution in [2.45, 2.75) is 6.92 Å². The number of carbonyl (C=O) groups is 1. The zero-order chi connectivity index (χ0) is 14.3. The second-order valence-corrected chi connectivity index (χ2v) is 5.79. The molecule has 100 valence electrons. The maximum Gasteiger partial charge on any atom is 0.153 e. The summed E-state index contributed by atoms with van der Waals surface area (Å²) in [5, 5.41) is 0.392. The van der Waals surface area contributed by atoms with Crippen LogP contribution in [-0.4, -0.2) is 15.7 Å². The standard InChI is InChI=1S/C15H10BrClN2O/c1-9-5-14-18-13(10-3-2-4-11(16)6-10)7-19(14)15(17)12(9)8-20/h2-8H,1H3. The number of benzene rings is 1. The first-order valence-electron chi connectivity index (χ1n) is 5.99. The van der Waals surface area contributed by atoms with E-state index < -0.39 is 0 Å². The number of halogens is 2. The number of imidazole rings is 1. The first-order valence-corrected chi connectivity index (χ1v) is 7.16. The van der Waals surface area contributed by atoms with Gasteiger partial charge in [-0.25, -0.2) is 4.98 Å². The van der Waals surface area contributed by atoms with Gasteiger partial charge in [0.1, 0.15) is 10.8 Å². The number of aryl methyl sites for hydroxylation is 1. The predicted molar refractivity (Wildman–Crippen MR) is 83.5 cm³/mol. The number of aromatic nitrogens is 2. The molecule has 0 aliphatic carbocycles. The van der Waals surface area contributed by atoms with Crippen molar-refractivity contribution in [2.24, 2.45) is 0 Å². The van der Waals surface area contributed by atoms with E-state index in [9.17, 15) is 4.79 Å². The Balaban J connectivity index is 2.26. The minimum Gasteiger partial charge on any atom is -0.298 e. The van der Waals surface area contributed by atoms with Gasteiger partial charge in [-0.15, -0.1) is 0 Å². The van der Waals surface area contributed by atoms with Gasteiger partial charge in [-0.2, -0.15) is 0 Å². The molecule has 3 rings (SSSR count). The summed E-state index contributed by atoms with van der Waals surface area (Å²) in [5.41, 5.74) is 3.86. The van der Waals surface area contributed by atoms with Gasteiger partial charge in [0.2, 0.25) is 0 Å². The maximum absolute atomic E-state index is 11.1. The van der Waals surface area contributed by atoms with Crippen molar-refractivity contribution in [3.05, 3.63) is 57.3 Å². The molecule has 5 heteroatoms. The lowest BCUT2D eigenvalue weighted by Gasteiger charge is -2.03. The Morgan fingerprint density at radius 3 is 2.85 bits per heavy atom. The molecule has 0 radical (unpaired) electrons. The molecule has 0 unspecified atom stereocenters. The zero-order valence-electron chi connectivity index (χ0n) is 10.6. The summed E-state index contributed by atoms with van der Waals surface area (Å²) in [6.07, 6.45) is 2.61. The van der Waals surface area contributed by atoms with Crippen molar-refractivity contribution in [2.75, 3.05) is 0 Å². The van der Waals surface area contributed by atoms with E-state index in [-0.39, 0.29) is 0 Å². The normalized spacial score (nSPS) is 10.9. The van der Waals surface area contributed by atoms with Crippen molar-refractivity contribution in [1.82, 2.24) is 9.38 Å². The van der Waals surface area contributed by atoms with Gasteiger partial charge in [-0.05, 0) is 30.7 Å². The molecule has 0 saturated carbocycles. The molecule has 3 aromatic rings. The van der Waals surface area contributed by atoms with Crippen LogP contribution in [-0.2, 0) is 0 Å². The number of hydrogen-bond donors (Lipinski definition) is 0. The Hall–Kier alpha value is -1.65. The minimum absolute atomic E-state index is 0.392. The summed E-state index contributed by atoms with van der Waals surface area (Å²) in [6, 6.07) is 9.74. The van der Waals surface area contributed by atoms with Gasteiger partial charge in [0.05, 0.1) is 11.3 Å². The van der Waals surface area contributed by atoms with Crippen LogP contribution in [0.15, 0.2) is 41.0 Å². The zero-order valence-corrected chi connectivity index (χ0v) is 12.9. The van der Waals surface area contributed by atoms with E-state index in [1.807, 2.05) is 43.5 Å². The van der Waals surface area contributed by atoms with Gasteiger partial charge >= 0.3 is 0 Å². The Labute approximate surface area is 129 Å². The second-order valence-electron chi connectivity index (χ2n) is 4.51. The minimum atomic E-state index is 0.392. The fraction of sp³-hybridized carbons (Fsp3) is 0.0667. The SMILES string of the molecule is Cc1cc2nc(-c3cccc(Br)c3)cn2c(Cl)c1C=O. The van der Waals surface area contributed by atoms with Crippen LogP contribution in [0.25, 0.3) is 16.9 Å². The molecule has 3 nitrogen and oxygen atoms in total. The number of aldehydes is 1. The predicted octanol–water partition coefficient (Wildman–Crippen LogP) is 4.54. The molecule has 0 amide bonds. The lowest BCUT2D eigenvalue weighted by molar-refractivity contribution is 0.112. The lowest BCUT2D eigenvalue weighted by Crippen LogP contribution is -1.95. The Morgan fingerprint density at radius 2 is 2.15 bits per heavy atom. The molecule has 0 aliphatic rings. The van der Waals surface area contributed by atoms with Gasteiger partial charge in [-0.3, -0.25) is 9.20 Å². The molecule has 0 N–H and O–H groups in total. The highest BCUT2D eigenvalue weighted by Gasteiger charge is 2.12. The van der Waals surface area contributed by atoms with Crippen LogP contribution in [0.3, 0.4) is 0 Å². The Morgan fingerprint density at radius 1 is 1.35 bits per heavy atom. The van der Waals surface area contributed by atoms with E-state index in [2.05, 4.69) is 20.9 Å². The van der Waals surface area contributed by atoms with E-state index in [0.717, 1.165) is 33.2 Å². The lowest BCUT2D eigenvalue weighted by atomic mass is 10.2. The monoisotopic (exact) mass is 348 g/mol. The van der Waals surface area contributed by atoms with E-state index in [0.29, 0.717) is 10.7 Å². The van der Waals surface area contributed by atoms with Gasteiger partial charge in [-0.1, -0.05) is 39.7 Å². The fourth-order valence-electron chi connectivity index (χ4n) is 2.15. The van der Waals surface area contributed by atoms with Crippen LogP contribution in [0, 0.1) is 6.92 Å². The van der Waals surface area contributed by atoms with Crippen molar-refractivity contribution in [3.63, 3.8) is 0 Å². The van der Waals surface area contributed by atoms with Crippen LogP contribution >= 0.6 is 27.5 Å². The van der Waals surface area contributed by atoms with E-state index >= 15 is 0 Å². The van der Waals surface area contributed by atoms with Crippen molar-refractivity contribution in [1.29, 1.82) is 0 Å². The molecule has 2 heterocycles. The molecule has 0 aliphatic heterocycles.